The zero-order valence-electron chi connectivity index (χ0n) is 18.8. The van der Waals surface area contributed by atoms with Crippen molar-refractivity contribution in [2.24, 2.45) is 0 Å². The maximum absolute atomic E-state index is 14.2. The number of carbonyl (C=O) groups is 1. The van der Waals surface area contributed by atoms with Gasteiger partial charge in [0.15, 0.2) is 17.1 Å². The number of H-pyrrole nitrogens is 1. The molecule has 0 radical (unpaired) electrons. The first-order chi connectivity index (χ1) is 16.8. The highest BCUT2D eigenvalue weighted by molar-refractivity contribution is 7.71. The number of rotatable bonds is 4. The Morgan fingerprint density at radius 3 is 2.46 bits per heavy atom. The molecule has 0 aliphatic carbocycles. The van der Waals surface area contributed by atoms with Crippen molar-refractivity contribution in [1.82, 2.24) is 24.5 Å². The Bertz CT molecular complexity index is 1530. The van der Waals surface area contributed by atoms with E-state index >= 15 is 0 Å². The van der Waals surface area contributed by atoms with Crippen molar-refractivity contribution < 1.29 is 23.0 Å². The number of hydrogen-bond donors (Lipinski definition) is 1. The van der Waals surface area contributed by atoms with Gasteiger partial charge in [-0.1, -0.05) is 11.6 Å². The molecule has 4 aromatic rings. The summed E-state index contributed by atoms with van der Waals surface area (Å²) in [5.74, 6) is -0.452. The van der Waals surface area contributed by atoms with E-state index in [2.05, 4.69) is 10.1 Å². The second-order valence-corrected chi connectivity index (χ2v) is 8.97. The third-order valence-electron chi connectivity index (χ3n) is 6.22. The second-order valence-electron chi connectivity index (χ2n) is 8.20. The minimum absolute atomic E-state index is 0.00958. The van der Waals surface area contributed by atoms with Crippen LogP contribution in [-0.2, 0) is 0 Å². The van der Waals surface area contributed by atoms with E-state index in [4.69, 9.17) is 38.3 Å². The molecule has 1 N–H and O–H groups in total. The molecule has 1 aliphatic heterocycles. The number of methoxy groups -OCH3 is 2. The summed E-state index contributed by atoms with van der Waals surface area (Å²) in [6.45, 7) is 0.722. The summed E-state index contributed by atoms with van der Waals surface area (Å²) in [5.41, 5.74) is 0.902. The molecular weight excluding hydrogens is 500 g/mol. The van der Waals surface area contributed by atoms with Gasteiger partial charge in [0.05, 0.1) is 30.3 Å². The smallest absolute Gasteiger partial charge is 0.256 e. The van der Waals surface area contributed by atoms with Crippen LogP contribution in [0.25, 0.3) is 16.6 Å². The molecule has 1 aliphatic rings. The Labute approximate surface area is 208 Å². The van der Waals surface area contributed by atoms with E-state index in [0.717, 1.165) is 17.5 Å². The van der Waals surface area contributed by atoms with Crippen LogP contribution in [0, 0.1) is 16.4 Å². The highest BCUT2D eigenvalue weighted by Crippen LogP contribution is 2.34. The number of piperidine rings is 1. The molecule has 1 saturated heterocycles. The number of ether oxygens (including phenoxy) is 2. The van der Waals surface area contributed by atoms with Crippen LogP contribution < -0.4 is 9.47 Å². The normalized spacial score (nSPS) is 14.6. The summed E-state index contributed by atoms with van der Waals surface area (Å²) in [5, 5.41) is 3.61. The molecule has 0 atom stereocenters. The lowest BCUT2D eigenvalue weighted by Crippen LogP contribution is -2.38. The molecule has 8 nitrogen and oxygen atoms in total. The molecule has 0 spiro atoms. The third kappa shape index (κ3) is 4.08. The summed E-state index contributed by atoms with van der Waals surface area (Å²) in [6, 6.07) is 5.21. The van der Waals surface area contributed by atoms with Crippen molar-refractivity contribution in [1.29, 1.82) is 0 Å². The van der Waals surface area contributed by atoms with Crippen molar-refractivity contribution in [2.75, 3.05) is 27.3 Å². The number of amides is 1. The van der Waals surface area contributed by atoms with E-state index in [9.17, 15) is 13.6 Å². The number of nitrogens with one attached hydrogen (secondary N) is 1. The van der Waals surface area contributed by atoms with Crippen molar-refractivity contribution in [3.8, 4) is 11.5 Å². The molecule has 0 saturated carbocycles. The number of halogens is 3. The number of aromatic amines is 1. The van der Waals surface area contributed by atoms with Gasteiger partial charge in [-0.2, -0.15) is 0 Å². The Balaban J connectivity index is 1.42. The topological polar surface area (TPSA) is 84.8 Å². The van der Waals surface area contributed by atoms with Gasteiger partial charge in [0, 0.05) is 30.5 Å². The van der Waals surface area contributed by atoms with E-state index in [0.29, 0.717) is 59.2 Å². The number of hydrogen-bond acceptors (Lipinski definition) is 6. The van der Waals surface area contributed by atoms with Crippen LogP contribution in [-0.4, -0.2) is 57.7 Å². The average molecular weight is 520 g/mol. The van der Waals surface area contributed by atoms with Crippen LogP contribution in [0.15, 0.2) is 24.3 Å². The zero-order valence-corrected chi connectivity index (χ0v) is 20.3. The fourth-order valence-corrected chi connectivity index (χ4v) is 4.74. The molecule has 0 unspecified atom stereocenters. The van der Waals surface area contributed by atoms with Crippen LogP contribution in [0.2, 0.25) is 5.02 Å². The molecule has 1 fully saturated rings. The first-order valence-electron chi connectivity index (χ1n) is 10.8. The van der Waals surface area contributed by atoms with Crippen molar-refractivity contribution in [2.45, 2.75) is 18.8 Å². The maximum atomic E-state index is 14.2. The number of aromatic nitrogens is 4. The summed E-state index contributed by atoms with van der Waals surface area (Å²) >= 11 is 11.1. The predicted octanol–water partition coefficient (Wildman–Crippen LogP) is 4.91. The van der Waals surface area contributed by atoms with Gasteiger partial charge in [0.2, 0.25) is 4.77 Å². The van der Waals surface area contributed by atoms with Gasteiger partial charge in [-0.25, -0.2) is 23.3 Å². The van der Waals surface area contributed by atoms with E-state index < -0.39 is 17.5 Å². The van der Waals surface area contributed by atoms with Crippen LogP contribution in [0.3, 0.4) is 0 Å². The van der Waals surface area contributed by atoms with Crippen LogP contribution >= 0.6 is 23.8 Å². The lowest BCUT2D eigenvalue weighted by molar-refractivity contribution is 0.0706. The Morgan fingerprint density at radius 1 is 1.09 bits per heavy atom. The molecule has 3 heterocycles. The lowest BCUT2D eigenvalue weighted by Gasteiger charge is -2.31. The second kappa shape index (κ2) is 9.04. The predicted molar refractivity (Wildman–Crippen MR) is 128 cm³/mol. The Kier molecular flexibility index (Phi) is 6.06. The molecule has 2 aromatic heterocycles. The summed E-state index contributed by atoms with van der Waals surface area (Å²) in [7, 11) is 3.10. The summed E-state index contributed by atoms with van der Waals surface area (Å²) in [4.78, 5) is 23.6. The molecule has 182 valence electrons. The highest BCUT2D eigenvalue weighted by Gasteiger charge is 2.29. The number of carbonyl (C=O) groups excluding carboxylic acids is 1. The number of benzene rings is 2. The van der Waals surface area contributed by atoms with Crippen molar-refractivity contribution >= 4 is 46.3 Å². The van der Waals surface area contributed by atoms with E-state index in [1.54, 1.807) is 30.9 Å². The van der Waals surface area contributed by atoms with E-state index in [1.165, 1.54) is 4.90 Å². The van der Waals surface area contributed by atoms with Gasteiger partial charge in [0.1, 0.15) is 17.5 Å². The molecule has 1 amide bonds. The van der Waals surface area contributed by atoms with Gasteiger partial charge in [-0.05, 0) is 43.3 Å². The highest BCUT2D eigenvalue weighted by atomic mass is 35.5. The molecule has 5 rings (SSSR count). The van der Waals surface area contributed by atoms with Crippen LogP contribution in [0.5, 0.6) is 11.5 Å². The Morgan fingerprint density at radius 2 is 1.77 bits per heavy atom. The fraction of sp³-hybridized carbons (Fsp3) is 0.304. The van der Waals surface area contributed by atoms with Crippen molar-refractivity contribution in [3.63, 3.8) is 0 Å². The first kappa shape index (κ1) is 23.4. The third-order valence-corrected chi connectivity index (χ3v) is 6.79. The van der Waals surface area contributed by atoms with Crippen LogP contribution in [0.4, 0.5) is 8.78 Å². The van der Waals surface area contributed by atoms with Crippen LogP contribution in [0.1, 0.15) is 34.9 Å². The standard InChI is InChI=1S/C23H20ClF2N5O3S/c1-33-18-8-13-17(10-19(18)34-2)27-23(35)31-21(13)28-20(29-31)11-3-5-30(6-4-11)22(32)12-7-16(26)14(24)9-15(12)25/h7-11H,3-6H2,1-2H3,(H,28,29). The number of fused-ring (bicyclic) bond motifs is 3. The fourth-order valence-electron chi connectivity index (χ4n) is 4.36. The average Bonchev–Trinajstić information content (AvgIpc) is 3.32. The molecule has 12 heteroatoms. The molecule has 2 aromatic carbocycles. The Hall–Kier alpha value is -3.31. The molecular formula is C23H20ClF2N5O3S. The van der Waals surface area contributed by atoms with Gasteiger partial charge in [0.25, 0.3) is 5.91 Å². The van der Waals surface area contributed by atoms with Gasteiger partial charge >= 0.3 is 0 Å². The number of nitrogens with zero attached hydrogens (tertiary/aromatic N) is 4. The van der Waals surface area contributed by atoms with E-state index in [1.807, 2.05) is 0 Å². The maximum Gasteiger partial charge on any atom is 0.256 e. The van der Waals surface area contributed by atoms with Gasteiger partial charge < -0.3 is 14.4 Å². The van der Waals surface area contributed by atoms with Crippen molar-refractivity contribution in [3.05, 3.63) is 57.1 Å². The SMILES string of the molecule is COc1cc2nc(=S)n3[nH]c(C4CCN(C(=O)c5cc(F)c(Cl)cc5F)CC4)nc3c2cc1OC. The summed E-state index contributed by atoms with van der Waals surface area (Å²) < 4.78 is 40.7. The minimum Gasteiger partial charge on any atom is -0.493 e. The lowest BCUT2D eigenvalue weighted by atomic mass is 9.95. The van der Waals surface area contributed by atoms with Gasteiger partial charge in [-0.15, -0.1) is 0 Å². The minimum atomic E-state index is -0.846. The van der Waals surface area contributed by atoms with E-state index in [-0.39, 0.29) is 16.5 Å². The van der Waals surface area contributed by atoms with Gasteiger partial charge in [-0.3, -0.25) is 9.89 Å². The quantitative estimate of drug-likeness (QED) is 0.305. The number of likely N-dealkylation sites (tertiary alicyclic amines) is 1. The summed E-state index contributed by atoms with van der Waals surface area (Å²) in [6.07, 6.45) is 1.16. The molecule has 0 bridgehead atoms. The zero-order chi connectivity index (χ0) is 24.9. The monoisotopic (exact) mass is 519 g/mol. The largest absolute Gasteiger partial charge is 0.493 e. The molecule has 35 heavy (non-hydrogen) atoms. The first-order valence-corrected chi connectivity index (χ1v) is 11.6.